The molecule has 2 rings (SSSR count). The van der Waals surface area contributed by atoms with Crippen LogP contribution in [-0.2, 0) is 11.3 Å². The lowest BCUT2D eigenvalue weighted by molar-refractivity contribution is 0.0524. The summed E-state index contributed by atoms with van der Waals surface area (Å²) in [5.74, 6) is -0.229. The summed E-state index contributed by atoms with van der Waals surface area (Å²) in [7, 11) is 0. The highest BCUT2D eigenvalue weighted by Gasteiger charge is 2.19. The quantitative estimate of drug-likeness (QED) is 0.635. The van der Waals surface area contributed by atoms with E-state index in [1.54, 1.807) is 0 Å². The van der Waals surface area contributed by atoms with Gasteiger partial charge in [0.1, 0.15) is 0 Å². The zero-order valence-corrected chi connectivity index (χ0v) is 14.1. The molecule has 1 fully saturated rings. The molecule has 1 aromatic rings. The number of piperazine rings is 1. The Morgan fingerprint density at radius 3 is 3.05 bits per heavy atom. The van der Waals surface area contributed by atoms with Gasteiger partial charge in [0.15, 0.2) is 0 Å². The standard InChI is InChI=1S/C15H21IN2O2/c1-3-20-15(19)13-6-4-5-12(14(13)16)10-18-8-7-17-11(2)9-18/h4-6,11,17H,3,7-10H2,1-2H3/t11-/m1/s1. The fourth-order valence-electron chi connectivity index (χ4n) is 2.47. The van der Waals surface area contributed by atoms with Gasteiger partial charge < -0.3 is 10.1 Å². The maximum absolute atomic E-state index is 11.9. The minimum atomic E-state index is -0.229. The highest BCUT2D eigenvalue weighted by molar-refractivity contribution is 14.1. The number of nitrogens with zero attached hydrogens (tertiary/aromatic N) is 1. The molecule has 0 aliphatic carbocycles. The van der Waals surface area contributed by atoms with E-state index in [0.29, 0.717) is 18.2 Å². The Morgan fingerprint density at radius 2 is 2.35 bits per heavy atom. The molecule has 1 aliphatic heterocycles. The molecule has 0 amide bonds. The Labute approximate surface area is 134 Å². The number of hydrogen-bond acceptors (Lipinski definition) is 4. The van der Waals surface area contributed by atoms with Crippen LogP contribution in [0, 0.1) is 3.57 Å². The number of esters is 1. The van der Waals surface area contributed by atoms with Gasteiger partial charge in [-0.2, -0.15) is 0 Å². The van der Waals surface area contributed by atoms with E-state index in [1.165, 1.54) is 5.56 Å². The highest BCUT2D eigenvalue weighted by atomic mass is 127. The van der Waals surface area contributed by atoms with E-state index in [2.05, 4.69) is 45.8 Å². The normalized spacial score (nSPS) is 19.9. The predicted molar refractivity (Wildman–Crippen MR) is 87.9 cm³/mol. The van der Waals surface area contributed by atoms with Gasteiger partial charge in [0.2, 0.25) is 0 Å². The molecule has 1 atom stereocenters. The molecule has 0 spiro atoms. The van der Waals surface area contributed by atoms with Gasteiger partial charge >= 0.3 is 5.97 Å². The van der Waals surface area contributed by atoms with Crippen LogP contribution in [0.15, 0.2) is 18.2 Å². The second kappa shape index (κ2) is 7.38. The van der Waals surface area contributed by atoms with Crippen molar-refractivity contribution in [3.8, 4) is 0 Å². The predicted octanol–water partition coefficient (Wildman–Crippen LogP) is 2.26. The Morgan fingerprint density at radius 1 is 1.55 bits per heavy atom. The Kier molecular flexibility index (Phi) is 5.80. The maximum atomic E-state index is 11.9. The Balaban J connectivity index is 2.12. The van der Waals surface area contributed by atoms with Gasteiger partial charge in [-0.05, 0) is 48.1 Å². The van der Waals surface area contributed by atoms with Crippen molar-refractivity contribution in [2.45, 2.75) is 26.4 Å². The van der Waals surface area contributed by atoms with Crippen LogP contribution in [0.25, 0.3) is 0 Å². The molecule has 1 saturated heterocycles. The summed E-state index contributed by atoms with van der Waals surface area (Å²) < 4.78 is 6.11. The van der Waals surface area contributed by atoms with Crippen molar-refractivity contribution in [1.82, 2.24) is 10.2 Å². The van der Waals surface area contributed by atoms with Crippen LogP contribution in [-0.4, -0.2) is 43.2 Å². The van der Waals surface area contributed by atoms with Crippen LogP contribution < -0.4 is 5.32 Å². The lowest BCUT2D eigenvalue weighted by Gasteiger charge is -2.32. The number of nitrogens with one attached hydrogen (secondary N) is 1. The van der Waals surface area contributed by atoms with Gasteiger partial charge in [0.05, 0.1) is 12.2 Å². The molecule has 0 unspecified atom stereocenters. The van der Waals surface area contributed by atoms with E-state index in [4.69, 9.17) is 4.74 Å². The van der Waals surface area contributed by atoms with Crippen LogP contribution in [0.4, 0.5) is 0 Å². The fourth-order valence-corrected chi connectivity index (χ4v) is 3.22. The molecule has 5 heteroatoms. The van der Waals surface area contributed by atoms with Crippen molar-refractivity contribution < 1.29 is 9.53 Å². The molecule has 1 heterocycles. The molecular weight excluding hydrogens is 367 g/mol. The molecule has 0 aromatic heterocycles. The van der Waals surface area contributed by atoms with E-state index in [0.717, 1.165) is 29.7 Å². The largest absolute Gasteiger partial charge is 0.462 e. The summed E-state index contributed by atoms with van der Waals surface area (Å²) in [5.41, 5.74) is 1.87. The zero-order valence-electron chi connectivity index (χ0n) is 12.0. The van der Waals surface area contributed by atoms with Gasteiger partial charge in [-0.15, -0.1) is 0 Å². The first-order valence-corrected chi connectivity index (χ1v) is 8.10. The minimum absolute atomic E-state index is 0.229. The van der Waals surface area contributed by atoms with Crippen molar-refractivity contribution in [2.24, 2.45) is 0 Å². The van der Waals surface area contributed by atoms with Crippen LogP contribution in [0.5, 0.6) is 0 Å². The number of ether oxygens (including phenoxy) is 1. The smallest absolute Gasteiger partial charge is 0.339 e. The van der Waals surface area contributed by atoms with Gasteiger partial charge in [-0.1, -0.05) is 12.1 Å². The summed E-state index contributed by atoms with van der Waals surface area (Å²) in [4.78, 5) is 14.3. The van der Waals surface area contributed by atoms with E-state index in [9.17, 15) is 4.79 Å². The van der Waals surface area contributed by atoms with E-state index in [-0.39, 0.29) is 5.97 Å². The van der Waals surface area contributed by atoms with Crippen LogP contribution >= 0.6 is 22.6 Å². The van der Waals surface area contributed by atoms with Gasteiger partial charge in [0.25, 0.3) is 0 Å². The lowest BCUT2D eigenvalue weighted by Crippen LogP contribution is -2.48. The van der Waals surface area contributed by atoms with E-state index in [1.807, 2.05) is 19.1 Å². The molecule has 0 saturated carbocycles. The zero-order chi connectivity index (χ0) is 14.5. The fraction of sp³-hybridized carbons (Fsp3) is 0.533. The Bertz CT molecular complexity index is 479. The number of rotatable bonds is 4. The van der Waals surface area contributed by atoms with Crippen molar-refractivity contribution in [3.63, 3.8) is 0 Å². The van der Waals surface area contributed by atoms with E-state index < -0.39 is 0 Å². The number of halogens is 1. The number of carbonyl (C=O) groups excluding carboxylic acids is 1. The van der Waals surface area contributed by atoms with Crippen molar-refractivity contribution >= 4 is 28.6 Å². The summed E-state index contributed by atoms with van der Waals surface area (Å²) in [6, 6.07) is 6.39. The second-order valence-electron chi connectivity index (χ2n) is 5.09. The molecule has 20 heavy (non-hydrogen) atoms. The second-order valence-corrected chi connectivity index (χ2v) is 6.17. The summed E-state index contributed by atoms with van der Waals surface area (Å²) in [5, 5.41) is 3.44. The summed E-state index contributed by atoms with van der Waals surface area (Å²) in [6.07, 6.45) is 0. The first-order chi connectivity index (χ1) is 9.61. The SMILES string of the molecule is CCOC(=O)c1cccc(CN2CCN[C@H](C)C2)c1I. The van der Waals surface area contributed by atoms with Gasteiger partial charge in [0, 0.05) is 35.8 Å². The molecule has 0 radical (unpaired) electrons. The number of benzene rings is 1. The monoisotopic (exact) mass is 388 g/mol. The molecule has 1 aliphatic rings. The molecule has 0 bridgehead atoms. The molecule has 110 valence electrons. The third-order valence-corrected chi connectivity index (χ3v) is 4.69. The van der Waals surface area contributed by atoms with Gasteiger partial charge in [-0.3, -0.25) is 4.90 Å². The van der Waals surface area contributed by atoms with Crippen LogP contribution in [0.2, 0.25) is 0 Å². The maximum Gasteiger partial charge on any atom is 0.339 e. The first-order valence-electron chi connectivity index (χ1n) is 7.02. The molecular formula is C15H21IN2O2. The minimum Gasteiger partial charge on any atom is -0.462 e. The van der Waals surface area contributed by atoms with Crippen LogP contribution in [0.1, 0.15) is 29.8 Å². The Hall–Kier alpha value is -0.660. The summed E-state index contributed by atoms with van der Waals surface area (Å²) >= 11 is 2.25. The lowest BCUT2D eigenvalue weighted by atomic mass is 10.1. The third-order valence-electron chi connectivity index (χ3n) is 3.42. The van der Waals surface area contributed by atoms with Crippen molar-refractivity contribution in [1.29, 1.82) is 0 Å². The molecule has 1 aromatic carbocycles. The average Bonchev–Trinajstić information content (AvgIpc) is 2.41. The van der Waals surface area contributed by atoms with Crippen LogP contribution in [0.3, 0.4) is 0 Å². The number of carbonyl (C=O) groups is 1. The van der Waals surface area contributed by atoms with Gasteiger partial charge in [-0.25, -0.2) is 4.79 Å². The highest BCUT2D eigenvalue weighted by Crippen LogP contribution is 2.20. The third kappa shape index (κ3) is 3.93. The first kappa shape index (κ1) is 15.7. The van der Waals surface area contributed by atoms with E-state index >= 15 is 0 Å². The number of hydrogen-bond donors (Lipinski definition) is 1. The van der Waals surface area contributed by atoms with Crippen molar-refractivity contribution in [2.75, 3.05) is 26.2 Å². The topological polar surface area (TPSA) is 41.6 Å². The molecule has 1 N–H and O–H groups in total. The average molecular weight is 388 g/mol. The summed E-state index contributed by atoms with van der Waals surface area (Å²) in [6.45, 7) is 8.44. The van der Waals surface area contributed by atoms with Crippen molar-refractivity contribution in [3.05, 3.63) is 32.9 Å². The molecule has 4 nitrogen and oxygen atoms in total.